The Morgan fingerprint density at radius 1 is 0.415 bits per heavy atom. The molecular formula is C37H23N3O. The molecule has 0 fully saturated rings. The standard InChI is InChI=1S/C37H23N3O/c1-4-12-24(13-5-1)27-20-21-29-28(22-27)23-31(33-30-18-10-11-19-32(30)41-34(29)33)37-39-35(25-14-6-2-7-15-25)38-36(40-37)26-16-8-3-9-17-26/h1-23H. The zero-order chi connectivity index (χ0) is 27.2. The van der Waals surface area contributed by atoms with Gasteiger partial charge in [-0.1, -0.05) is 115 Å². The number of para-hydroxylation sites is 1. The molecule has 0 unspecified atom stereocenters. The summed E-state index contributed by atoms with van der Waals surface area (Å²) in [5.74, 6) is 1.88. The second-order valence-corrected chi connectivity index (χ2v) is 10.1. The number of aromatic nitrogens is 3. The highest BCUT2D eigenvalue weighted by Gasteiger charge is 2.20. The van der Waals surface area contributed by atoms with Crippen molar-refractivity contribution in [3.8, 4) is 45.3 Å². The molecule has 0 saturated carbocycles. The van der Waals surface area contributed by atoms with Crippen molar-refractivity contribution in [2.45, 2.75) is 0 Å². The van der Waals surface area contributed by atoms with Crippen LogP contribution in [0.25, 0.3) is 78.0 Å². The molecule has 0 radical (unpaired) electrons. The molecule has 0 spiro atoms. The van der Waals surface area contributed by atoms with E-state index in [0.29, 0.717) is 17.5 Å². The number of benzene rings is 6. The van der Waals surface area contributed by atoms with Gasteiger partial charge < -0.3 is 4.42 Å². The number of hydrogen-bond acceptors (Lipinski definition) is 4. The molecule has 4 nitrogen and oxygen atoms in total. The van der Waals surface area contributed by atoms with E-state index in [0.717, 1.165) is 55.0 Å². The van der Waals surface area contributed by atoms with Crippen molar-refractivity contribution in [3.05, 3.63) is 140 Å². The first-order chi connectivity index (χ1) is 20.3. The lowest BCUT2D eigenvalue weighted by Crippen LogP contribution is -2.00. The van der Waals surface area contributed by atoms with E-state index in [1.165, 1.54) is 5.56 Å². The number of rotatable bonds is 4. The highest BCUT2D eigenvalue weighted by molar-refractivity contribution is 6.21. The van der Waals surface area contributed by atoms with Gasteiger partial charge in [0.05, 0.1) is 0 Å². The van der Waals surface area contributed by atoms with E-state index < -0.39 is 0 Å². The molecule has 0 aliphatic carbocycles. The Morgan fingerprint density at radius 2 is 0.976 bits per heavy atom. The molecule has 0 amide bonds. The molecule has 192 valence electrons. The molecule has 8 aromatic rings. The normalized spacial score (nSPS) is 11.4. The van der Waals surface area contributed by atoms with Crippen LogP contribution in [-0.4, -0.2) is 15.0 Å². The van der Waals surface area contributed by atoms with E-state index in [2.05, 4.69) is 54.6 Å². The lowest BCUT2D eigenvalue weighted by atomic mass is 9.96. The smallest absolute Gasteiger partial charge is 0.164 e. The van der Waals surface area contributed by atoms with Crippen molar-refractivity contribution in [3.63, 3.8) is 0 Å². The number of nitrogens with zero attached hydrogens (tertiary/aromatic N) is 3. The summed E-state index contributed by atoms with van der Waals surface area (Å²) in [6.07, 6.45) is 0. The van der Waals surface area contributed by atoms with Crippen molar-refractivity contribution in [2.75, 3.05) is 0 Å². The number of hydrogen-bond donors (Lipinski definition) is 0. The Bertz CT molecular complexity index is 2130. The molecule has 41 heavy (non-hydrogen) atoms. The largest absolute Gasteiger partial charge is 0.455 e. The fourth-order valence-corrected chi connectivity index (χ4v) is 5.53. The molecule has 6 aromatic carbocycles. The monoisotopic (exact) mass is 525 g/mol. The Balaban J connectivity index is 1.46. The van der Waals surface area contributed by atoms with Crippen LogP contribution in [0.5, 0.6) is 0 Å². The minimum atomic E-state index is 0.612. The molecule has 0 saturated heterocycles. The topological polar surface area (TPSA) is 51.8 Å². The van der Waals surface area contributed by atoms with Crippen LogP contribution in [0, 0.1) is 0 Å². The first-order valence-electron chi connectivity index (χ1n) is 13.6. The maximum Gasteiger partial charge on any atom is 0.164 e. The van der Waals surface area contributed by atoms with Gasteiger partial charge in [0.1, 0.15) is 11.2 Å². The van der Waals surface area contributed by atoms with Crippen LogP contribution < -0.4 is 0 Å². The number of furan rings is 1. The van der Waals surface area contributed by atoms with Crippen molar-refractivity contribution in [1.29, 1.82) is 0 Å². The summed E-state index contributed by atoms with van der Waals surface area (Å²) in [6.45, 7) is 0. The molecule has 2 aromatic heterocycles. The summed E-state index contributed by atoms with van der Waals surface area (Å²) < 4.78 is 6.53. The van der Waals surface area contributed by atoms with Crippen molar-refractivity contribution in [2.24, 2.45) is 0 Å². The van der Waals surface area contributed by atoms with Gasteiger partial charge in [0, 0.05) is 32.8 Å². The van der Waals surface area contributed by atoms with Crippen LogP contribution in [0.2, 0.25) is 0 Å². The molecule has 0 N–H and O–H groups in total. The van der Waals surface area contributed by atoms with Crippen LogP contribution in [0.1, 0.15) is 0 Å². The Morgan fingerprint density at radius 3 is 1.63 bits per heavy atom. The van der Waals surface area contributed by atoms with E-state index in [4.69, 9.17) is 19.4 Å². The van der Waals surface area contributed by atoms with E-state index in [1.807, 2.05) is 84.9 Å². The van der Waals surface area contributed by atoms with Crippen molar-refractivity contribution in [1.82, 2.24) is 15.0 Å². The van der Waals surface area contributed by atoms with Gasteiger partial charge in [-0.25, -0.2) is 15.0 Å². The minimum Gasteiger partial charge on any atom is -0.455 e. The fraction of sp³-hybridized carbons (Fsp3) is 0. The van der Waals surface area contributed by atoms with Gasteiger partial charge in [0.25, 0.3) is 0 Å². The zero-order valence-corrected chi connectivity index (χ0v) is 22.0. The third kappa shape index (κ3) is 4.05. The second kappa shape index (κ2) is 9.54. The SMILES string of the molecule is c1ccc(-c2ccc3c(c2)cc(-c2nc(-c4ccccc4)nc(-c4ccccc4)n2)c2c4ccccc4oc32)cc1. The fourth-order valence-electron chi connectivity index (χ4n) is 5.53. The van der Waals surface area contributed by atoms with Crippen molar-refractivity contribution >= 4 is 32.7 Å². The predicted molar refractivity (Wildman–Crippen MR) is 166 cm³/mol. The summed E-state index contributed by atoms with van der Waals surface area (Å²) in [7, 11) is 0. The van der Waals surface area contributed by atoms with Crippen LogP contribution in [-0.2, 0) is 0 Å². The van der Waals surface area contributed by atoms with Crippen LogP contribution in [0.3, 0.4) is 0 Å². The summed E-state index contributed by atoms with van der Waals surface area (Å²) in [6, 6.07) is 47.5. The Labute approximate surface area is 236 Å². The third-order valence-electron chi connectivity index (χ3n) is 7.51. The lowest BCUT2D eigenvalue weighted by Gasteiger charge is -2.11. The average molecular weight is 526 g/mol. The maximum absolute atomic E-state index is 6.53. The maximum atomic E-state index is 6.53. The van der Waals surface area contributed by atoms with Gasteiger partial charge >= 0.3 is 0 Å². The van der Waals surface area contributed by atoms with Gasteiger partial charge in [0.15, 0.2) is 17.5 Å². The van der Waals surface area contributed by atoms with E-state index in [-0.39, 0.29) is 0 Å². The van der Waals surface area contributed by atoms with E-state index in [9.17, 15) is 0 Å². The second-order valence-electron chi connectivity index (χ2n) is 10.1. The molecule has 0 bridgehead atoms. The zero-order valence-electron chi connectivity index (χ0n) is 22.0. The molecule has 0 aliphatic heterocycles. The van der Waals surface area contributed by atoms with Crippen molar-refractivity contribution < 1.29 is 4.42 Å². The molecule has 4 heteroatoms. The highest BCUT2D eigenvalue weighted by atomic mass is 16.3. The Kier molecular flexibility index (Phi) is 5.42. The van der Waals surface area contributed by atoms with Gasteiger partial charge in [0.2, 0.25) is 0 Å². The number of fused-ring (bicyclic) bond motifs is 5. The Hall–Kier alpha value is -5.61. The molecule has 8 rings (SSSR count). The molecular weight excluding hydrogens is 502 g/mol. The summed E-state index contributed by atoms with van der Waals surface area (Å²) in [4.78, 5) is 15.0. The lowest BCUT2D eigenvalue weighted by molar-refractivity contribution is 0.672. The van der Waals surface area contributed by atoms with E-state index >= 15 is 0 Å². The van der Waals surface area contributed by atoms with Crippen LogP contribution in [0.4, 0.5) is 0 Å². The van der Waals surface area contributed by atoms with Crippen LogP contribution in [0.15, 0.2) is 144 Å². The van der Waals surface area contributed by atoms with Gasteiger partial charge in [-0.05, 0) is 40.8 Å². The minimum absolute atomic E-state index is 0.612. The predicted octanol–water partition coefficient (Wildman–Crippen LogP) is 9.59. The molecule has 2 heterocycles. The molecule has 0 aliphatic rings. The van der Waals surface area contributed by atoms with Gasteiger partial charge in [-0.2, -0.15) is 0 Å². The first kappa shape index (κ1) is 23.3. The molecule has 0 atom stereocenters. The van der Waals surface area contributed by atoms with E-state index in [1.54, 1.807) is 0 Å². The van der Waals surface area contributed by atoms with Gasteiger partial charge in [-0.15, -0.1) is 0 Å². The first-order valence-corrected chi connectivity index (χ1v) is 13.6. The average Bonchev–Trinajstić information content (AvgIpc) is 3.45. The summed E-state index contributed by atoms with van der Waals surface area (Å²) in [5, 5.41) is 4.16. The van der Waals surface area contributed by atoms with Gasteiger partial charge in [-0.3, -0.25) is 0 Å². The van der Waals surface area contributed by atoms with Crippen LogP contribution >= 0.6 is 0 Å². The quantitative estimate of drug-likeness (QED) is 0.230. The highest BCUT2D eigenvalue weighted by Crippen LogP contribution is 2.41. The third-order valence-corrected chi connectivity index (χ3v) is 7.51. The summed E-state index contributed by atoms with van der Waals surface area (Å²) in [5.41, 5.74) is 6.77. The summed E-state index contributed by atoms with van der Waals surface area (Å²) >= 11 is 0.